The van der Waals surface area contributed by atoms with E-state index in [4.69, 9.17) is 15.1 Å². The first-order valence-electron chi connectivity index (χ1n) is 16.6. The quantitative estimate of drug-likeness (QED) is 0.125. The summed E-state index contributed by atoms with van der Waals surface area (Å²) in [6.45, 7) is 0. The van der Waals surface area contributed by atoms with Crippen molar-refractivity contribution in [3.8, 4) is 45.0 Å². The topological polar surface area (TPSA) is 99.8 Å². The van der Waals surface area contributed by atoms with Crippen LogP contribution >= 0.6 is 0 Å². The summed E-state index contributed by atoms with van der Waals surface area (Å²) in [5.74, 6) is 0. The summed E-state index contributed by atoms with van der Waals surface area (Å²) in [7, 11) is 0. The first-order chi connectivity index (χ1) is 25.2. The molecule has 0 saturated carbocycles. The highest BCUT2D eigenvalue weighted by molar-refractivity contribution is 6.62. The van der Waals surface area contributed by atoms with Crippen molar-refractivity contribution in [3.63, 3.8) is 0 Å². The highest BCUT2D eigenvalue weighted by Crippen LogP contribution is 2.37. The number of hydrogen-bond acceptors (Lipinski definition) is 7. The lowest BCUT2D eigenvalue weighted by atomic mass is 9.91. The zero-order valence-corrected chi connectivity index (χ0v) is 27.5. The van der Waals surface area contributed by atoms with Crippen molar-refractivity contribution in [2.24, 2.45) is 5.10 Å². The summed E-state index contributed by atoms with van der Waals surface area (Å²) in [4.78, 5) is 19.0. The van der Waals surface area contributed by atoms with Crippen molar-refractivity contribution in [2.45, 2.75) is 0 Å². The molecule has 0 amide bonds. The predicted molar refractivity (Wildman–Crippen MR) is 207 cm³/mol. The fourth-order valence-electron chi connectivity index (χ4n) is 6.06. The van der Waals surface area contributed by atoms with Gasteiger partial charge in [0.05, 0.1) is 45.6 Å². The maximum Gasteiger partial charge on any atom is 0.110 e. The van der Waals surface area contributed by atoms with Crippen molar-refractivity contribution in [3.05, 3.63) is 188 Å². The summed E-state index contributed by atoms with van der Waals surface area (Å²) >= 11 is 0. The van der Waals surface area contributed by atoms with Gasteiger partial charge in [0.1, 0.15) is 5.71 Å². The highest BCUT2D eigenvalue weighted by atomic mass is 15.3. The van der Waals surface area contributed by atoms with Crippen LogP contribution in [0, 0.1) is 5.41 Å². The number of nitrogens with zero attached hydrogens (tertiary/aromatic N) is 5. The van der Waals surface area contributed by atoms with E-state index >= 15 is 0 Å². The van der Waals surface area contributed by atoms with E-state index in [9.17, 15) is 5.41 Å². The molecule has 7 aromatic rings. The number of nitrogens with one attached hydrogen (secondary N) is 2. The van der Waals surface area contributed by atoms with Crippen LogP contribution in [0.1, 0.15) is 11.4 Å². The van der Waals surface area contributed by atoms with Crippen molar-refractivity contribution >= 4 is 28.3 Å². The van der Waals surface area contributed by atoms with Crippen molar-refractivity contribution in [1.29, 1.82) is 5.41 Å². The Hall–Kier alpha value is -7.12. The molecule has 242 valence electrons. The Labute approximate surface area is 296 Å². The van der Waals surface area contributed by atoms with E-state index < -0.39 is 0 Å². The minimum atomic E-state index is 0.233. The molecule has 8 rings (SSSR count). The van der Waals surface area contributed by atoms with Gasteiger partial charge in [-0.3, -0.25) is 20.8 Å². The standard InChI is InChI=1S/C44H31N7/c45-43-35(37-23-13-25-41(49-37)39-21-8-10-27-47-39)28-32(36-22-12-24-40(48-36)38-20-7-9-26-46-38)29-42(43)50-51-44-33(30-14-3-1-4-15-30)18-11-19-34(44)31-16-5-2-6-17-31/h1-29,45,51H/b45-43?,50-42-. The molecule has 7 nitrogen and oxygen atoms in total. The lowest BCUT2D eigenvalue weighted by Crippen LogP contribution is -2.19. The van der Waals surface area contributed by atoms with E-state index in [0.717, 1.165) is 56.3 Å². The Morgan fingerprint density at radius 2 is 0.941 bits per heavy atom. The summed E-state index contributed by atoms with van der Waals surface area (Å²) < 4.78 is 0. The van der Waals surface area contributed by atoms with E-state index in [0.29, 0.717) is 22.7 Å². The van der Waals surface area contributed by atoms with E-state index in [1.807, 2.05) is 121 Å². The van der Waals surface area contributed by atoms with E-state index in [1.165, 1.54) is 0 Å². The average Bonchev–Trinajstić information content (AvgIpc) is 3.22. The molecular formula is C44H31N7. The molecule has 3 aromatic carbocycles. The van der Waals surface area contributed by atoms with Crippen LogP contribution in [0.15, 0.2) is 181 Å². The lowest BCUT2D eigenvalue weighted by molar-refractivity contribution is 1.22. The third-order valence-electron chi connectivity index (χ3n) is 8.56. The van der Waals surface area contributed by atoms with Crippen LogP contribution in [0.2, 0.25) is 0 Å². The first kappa shape index (κ1) is 31.2. The normalized spacial score (nSPS) is 13.4. The van der Waals surface area contributed by atoms with Gasteiger partial charge in [0.25, 0.3) is 0 Å². The minimum Gasteiger partial charge on any atom is -0.298 e. The van der Waals surface area contributed by atoms with Crippen LogP contribution in [-0.2, 0) is 0 Å². The van der Waals surface area contributed by atoms with Crippen LogP contribution in [-0.4, -0.2) is 31.4 Å². The maximum atomic E-state index is 9.48. The summed E-state index contributed by atoms with van der Waals surface area (Å²) in [5.41, 5.74) is 14.8. The Bertz CT molecular complexity index is 2380. The molecule has 1 aliphatic rings. The second-order valence-electron chi connectivity index (χ2n) is 11.8. The zero-order chi connectivity index (χ0) is 34.4. The van der Waals surface area contributed by atoms with Gasteiger partial charge in [0.2, 0.25) is 0 Å². The van der Waals surface area contributed by atoms with Gasteiger partial charge in [-0.1, -0.05) is 103 Å². The number of para-hydroxylation sites is 1. The van der Waals surface area contributed by atoms with Gasteiger partial charge < -0.3 is 0 Å². The number of benzene rings is 3. The van der Waals surface area contributed by atoms with E-state index in [-0.39, 0.29) is 5.71 Å². The summed E-state index contributed by atoms with van der Waals surface area (Å²) in [5, 5.41) is 14.4. The fraction of sp³-hybridized carbons (Fsp3) is 0. The van der Waals surface area contributed by atoms with Gasteiger partial charge in [0.15, 0.2) is 0 Å². The second-order valence-corrected chi connectivity index (χ2v) is 11.8. The molecule has 0 atom stereocenters. The Kier molecular flexibility index (Phi) is 8.65. The van der Waals surface area contributed by atoms with Crippen LogP contribution < -0.4 is 5.43 Å². The number of pyridine rings is 4. The first-order valence-corrected chi connectivity index (χ1v) is 16.6. The van der Waals surface area contributed by atoms with Gasteiger partial charge in [-0.2, -0.15) is 5.10 Å². The second kappa shape index (κ2) is 14.2. The van der Waals surface area contributed by atoms with Crippen LogP contribution in [0.3, 0.4) is 0 Å². The average molecular weight is 658 g/mol. The molecule has 0 aliphatic heterocycles. The number of allylic oxidation sites excluding steroid dienone is 4. The highest BCUT2D eigenvalue weighted by Gasteiger charge is 2.23. The summed E-state index contributed by atoms with van der Waals surface area (Å²) in [6.07, 6.45) is 7.37. The largest absolute Gasteiger partial charge is 0.298 e. The monoisotopic (exact) mass is 657 g/mol. The van der Waals surface area contributed by atoms with Gasteiger partial charge in [-0.15, -0.1) is 0 Å². The molecule has 0 fully saturated rings. The number of rotatable bonds is 8. The minimum absolute atomic E-state index is 0.233. The van der Waals surface area contributed by atoms with Gasteiger partial charge in [-0.25, -0.2) is 9.97 Å². The third kappa shape index (κ3) is 6.64. The molecule has 4 aromatic heterocycles. The number of hydrazone groups is 1. The third-order valence-corrected chi connectivity index (χ3v) is 8.56. The molecule has 0 radical (unpaired) electrons. The SMILES string of the molecule is N=C1C(c2cccc(-c3ccccn3)n2)=CC(c2cccc(-c3ccccn3)n2)=C/C1=N/Nc1c(-c2ccccc2)cccc1-c1ccccc1. The zero-order valence-electron chi connectivity index (χ0n) is 27.5. The molecule has 1 aliphatic carbocycles. The molecule has 7 heteroatoms. The predicted octanol–water partition coefficient (Wildman–Crippen LogP) is 9.90. The molecule has 0 spiro atoms. The molecule has 0 saturated heterocycles. The Balaban J connectivity index is 1.26. The molecule has 2 N–H and O–H groups in total. The van der Waals surface area contributed by atoms with Crippen LogP contribution in [0.25, 0.3) is 56.2 Å². The number of anilines is 1. The van der Waals surface area contributed by atoms with Crippen molar-refractivity contribution < 1.29 is 0 Å². The smallest absolute Gasteiger partial charge is 0.110 e. The lowest BCUT2D eigenvalue weighted by Gasteiger charge is -2.19. The van der Waals surface area contributed by atoms with E-state index in [2.05, 4.69) is 57.9 Å². The van der Waals surface area contributed by atoms with Crippen molar-refractivity contribution in [1.82, 2.24) is 19.9 Å². The molecule has 0 bridgehead atoms. The Morgan fingerprint density at radius 1 is 0.451 bits per heavy atom. The molecule has 51 heavy (non-hydrogen) atoms. The molecular weight excluding hydrogens is 627 g/mol. The molecule has 4 heterocycles. The Morgan fingerprint density at radius 3 is 1.51 bits per heavy atom. The van der Waals surface area contributed by atoms with Crippen LogP contribution in [0.4, 0.5) is 5.69 Å². The van der Waals surface area contributed by atoms with Crippen molar-refractivity contribution in [2.75, 3.05) is 5.43 Å². The van der Waals surface area contributed by atoms with Gasteiger partial charge in [-0.05, 0) is 71.8 Å². The number of hydrogen-bond donors (Lipinski definition) is 2. The molecule has 0 unspecified atom stereocenters. The van der Waals surface area contributed by atoms with Crippen LogP contribution in [0.5, 0.6) is 0 Å². The fourth-order valence-corrected chi connectivity index (χ4v) is 6.06. The van der Waals surface area contributed by atoms with Gasteiger partial charge >= 0.3 is 0 Å². The summed E-state index contributed by atoms with van der Waals surface area (Å²) in [6, 6.07) is 49.9. The number of aromatic nitrogens is 4. The van der Waals surface area contributed by atoms with Gasteiger partial charge in [0, 0.05) is 34.7 Å². The maximum absolute atomic E-state index is 9.48. The van der Waals surface area contributed by atoms with E-state index in [1.54, 1.807) is 12.4 Å².